The van der Waals surface area contributed by atoms with Crippen LogP contribution in [0.15, 0.2) is 24.3 Å². The number of benzene rings is 1. The smallest absolute Gasteiger partial charge is 0.306 e. The Hall–Kier alpha value is -1.14. The topological polar surface area (TPSA) is 15.3 Å². The third-order valence-corrected chi connectivity index (χ3v) is 4.03. The van der Waals surface area contributed by atoms with Gasteiger partial charge >= 0.3 is 6.18 Å². The van der Waals surface area contributed by atoms with Crippen molar-refractivity contribution in [2.24, 2.45) is 5.92 Å². The molecule has 124 valence electrons. The molecule has 1 aliphatic rings. The number of hydrogen-bond donors (Lipinski definition) is 1. The van der Waals surface area contributed by atoms with Crippen LogP contribution in [0.1, 0.15) is 25.3 Å². The molecular weight excluding hydrogens is 296 g/mol. The van der Waals surface area contributed by atoms with Gasteiger partial charge in [-0.05, 0) is 49.9 Å². The van der Waals surface area contributed by atoms with Crippen molar-refractivity contribution < 1.29 is 17.6 Å². The van der Waals surface area contributed by atoms with E-state index in [9.17, 15) is 17.6 Å². The molecule has 0 spiro atoms. The molecule has 22 heavy (non-hydrogen) atoms. The van der Waals surface area contributed by atoms with Crippen LogP contribution in [0.4, 0.5) is 17.6 Å². The van der Waals surface area contributed by atoms with Crippen molar-refractivity contribution in [2.45, 2.75) is 38.5 Å². The molecular formula is C16H22F4N2. The van der Waals surface area contributed by atoms with Gasteiger partial charge in [-0.15, -0.1) is 0 Å². The summed E-state index contributed by atoms with van der Waals surface area (Å²) in [6.45, 7) is 3.46. The quantitative estimate of drug-likeness (QED) is 0.807. The fourth-order valence-electron chi connectivity index (χ4n) is 2.97. The molecule has 1 saturated heterocycles. The normalized spacial score (nSPS) is 21.2. The minimum Gasteiger partial charge on any atom is -0.306 e. The van der Waals surface area contributed by atoms with E-state index in [1.807, 2.05) is 0 Å². The van der Waals surface area contributed by atoms with Crippen molar-refractivity contribution in [3.63, 3.8) is 0 Å². The van der Waals surface area contributed by atoms with Crippen molar-refractivity contribution in [1.29, 1.82) is 0 Å². The number of nitrogens with zero attached hydrogens (tertiary/aromatic N) is 1. The second kappa shape index (κ2) is 7.42. The molecule has 2 unspecified atom stereocenters. The van der Waals surface area contributed by atoms with E-state index in [0.29, 0.717) is 5.92 Å². The van der Waals surface area contributed by atoms with Gasteiger partial charge in [0.25, 0.3) is 0 Å². The maximum atomic E-state index is 12.9. The molecule has 1 N–H and O–H groups in total. The lowest BCUT2D eigenvalue weighted by Gasteiger charge is -2.20. The summed E-state index contributed by atoms with van der Waals surface area (Å²) in [5, 5.41) is 2.54. The average Bonchev–Trinajstić information content (AvgIpc) is 2.86. The van der Waals surface area contributed by atoms with Crippen LogP contribution < -0.4 is 5.32 Å². The number of halogens is 4. The van der Waals surface area contributed by atoms with E-state index >= 15 is 0 Å². The average molecular weight is 318 g/mol. The summed E-state index contributed by atoms with van der Waals surface area (Å²) >= 11 is 0. The van der Waals surface area contributed by atoms with Crippen LogP contribution in [0.3, 0.4) is 0 Å². The monoisotopic (exact) mass is 318 g/mol. The third kappa shape index (κ3) is 5.93. The summed E-state index contributed by atoms with van der Waals surface area (Å²) in [5.41, 5.74) is 1.06. The predicted octanol–water partition coefficient (Wildman–Crippen LogP) is 3.58. The summed E-state index contributed by atoms with van der Waals surface area (Å²) in [4.78, 5) is 2.27. The molecule has 1 aromatic carbocycles. The highest BCUT2D eigenvalue weighted by molar-refractivity contribution is 5.16. The van der Waals surface area contributed by atoms with E-state index in [4.69, 9.17) is 0 Å². The molecule has 0 aliphatic carbocycles. The Morgan fingerprint density at radius 3 is 2.59 bits per heavy atom. The van der Waals surface area contributed by atoms with Gasteiger partial charge < -0.3 is 5.32 Å². The molecule has 0 bridgehead atoms. The molecule has 0 radical (unpaired) electrons. The Morgan fingerprint density at radius 2 is 1.95 bits per heavy atom. The number of alkyl halides is 3. The molecule has 6 heteroatoms. The van der Waals surface area contributed by atoms with Crippen LogP contribution >= 0.6 is 0 Å². The zero-order valence-electron chi connectivity index (χ0n) is 12.7. The van der Waals surface area contributed by atoms with Gasteiger partial charge in [0.2, 0.25) is 0 Å². The first-order valence-corrected chi connectivity index (χ1v) is 7.59. The van der Waals surface area contributed by atoms with E-state index in [-0.39, 0.29) is 11.9 Å². The molecule has 0 aromatic heterocycles. The number of rotatable bonds is 6. The lowest BCUT2D eigenvalue weighted by atomic mass is 10.00. The number of hydrogen-bond acceptors (Lipinski definition) is 2. The molecule has 1 heterocycles. The Bertz CT molecular complexity index is 458. The lowest BCUT2D eigenvalue weighted by molar-refractivity contribution is -0.126. The van der Waals surface area contributed by atoms with Crippen LogP contribution in [0.2, 0.25) is 0 Å². The van der Waals surface area contributed by atoms with Gasteiger partial charge in [0, 0.05) is 19.1 Å². The van der Waals surface area contributed by atoms with Crippen LogP contribution in [-0.2, 0) is 6.54 Å². The summed E-state index contributed by atoms with van der Waals surface area (Å²) < 4.78 is 49.4. The van der Waals surface area contributed by atoms with E-state index in [2.05, 4.69) is 10.2 Å². The minimum atomic E-state index is -4.15. The summed E-state index contributed by atoms with van der Waals surface area (Å²) in [7, 11) is 0. The maximum Gasteiger partial charge on any atom is 0.401 e. The third-order valence-electron chi connectivity index (χ3n) is 4.03. The van der Waals surface area contributed by atoms with Crippen LogP contribution in [-0.4, -0.2) is 36.8 Å². The predicted molar refractivity (Wildman–Crippen MR) is 77.9 cm³/mol. The van der Waals surface area contributed by atoms with Gasteiger partial charge in [0.15, 0.2) is 0 Å². The molecule has 2 atom stereocenters. The fourth-order valence-corrected chi connectivity index (χ4v) is 2.97. The number of likely N-dealkylation sites (tertiary alicyclic amines) is 1. The molecule has 1 aromatic rings. The summed E-state index contributed by atoms with van der Waals surface area (Å²) in [6, 6.07) is 6.31. The van der Waals surface area contributed by atoms with Crippen LogP contribution in [0, 0.1) is 11.7 Å². The standard InChI is InChI=1S/C16H22F4N2/c1-12(21-11-16(18,19)20)8-14-6-7-22(10-14)9-13-2-4-15(17)5-3-13/h2-5,12,14,21H,6-11H2,1H3. The summed E-state index contributed by atoms with van der Waals surface area (Å²) in [5.74, 6) is 0.170. The molecule has 2 rings (SSSR count). The van der Waals surface area contributed by atoms with E-state index in [0.717, 1.165) is 38.0 Å². The van der Waals surface area contributed by atoms with Gasteiger partial charge in [0.1, 0.15) is 5.82 Å². The van der Waals surface area contributed by atoms with Gasteiger partial charge in [-0.3, -0.25) is 4.90 Å². The van der Waals surface area contributed by atoms with Gasteiger partial charge in [-0.25, -0.2) is 4.39 Å². The summed E-state index contributed by atoms with van der Waals surface area (Å²) in [6.07, 6.45) is -2.41. The molecule has 1 aliphatic heterocycles. The zero-order chi connectivity index (χ0) is 16.2. The van der Waals surface area contributed by atoms with E-state index in [1.165, 1.54) is 12.1 Å². The largest absolute Gasteiger partial charge is 0.401 e. The van der Waals surface area contributed by atoms with Crippen molar-refractivity contribution in [2.75, 3.05) is 19.6 Å². The Kier molecular flexibility index (Phi) is 5.81. The molecule has 1 fully saturated rings. The van der Waals surface area contributed by atoms with Crippen LogP contribution in [0.5, 0.6) is 0 Å². The van der Waals surface area contributed by atoms with Crippen molar-refractivity contribution in [3.05, 3.63) is 35.6 Å². The first-order valence-electron chi connectivity index (χ1n) is 7.59. The fraction of sp³-hybridized carbons (Fsp3) is 0.625. The first-order chi connectivity index (χ1) is 10.3. The highest BCUT2D eigenvalue weighted by Crippen LogP contribution is 2.23. The Balaban J connectivity index is 1.72. The van der Waals surface area contributed by atoms with Crippen molar-refractivity contribution in [3.8, 4) is 0 Å². The van der Waals surface area contributed by atoms with Gasteiger partial charge in [-0.2, -0.15) is 13.2 Å². The van der Waals surface area contributed by atoms with Gasteiger partial charge in [0.05, 0.1) is 6.54 Å². The zero-order valence-corrected chi connectivity index (χ0v) is 12.7. The van der Waals surface area contributed by atoms with E-state index in [1.54, 1.807) is 19.1 Å². The number of nitrogens with one attached hydrogen (secondary N) is 1. The molecule has 0 saturated carbocycles. The van der Waals surface area contributed by atoms with Crippen molar-refractivity contribution >= 4 is 0 Å². The Labute approximate surface area is 128 Å². The SMILES string of the molecule is CC(CC1CCN(Cc2ccc(F)cc2)C1)NCC(F)(F)F. The first kappa shape index (κ1) is 17.2. The van der Waals surface area contributed by atoms with Gasteiger partial charge in [-0.1, -0.05) is 12.1 Å². The highest BCUT2D eigenvalue weighted by Gasteiger charge is 2.29. The maximum absolute atomic E-state index is 12.9. The second-order valence-electron chi connectivity index (χ2n) is 6.15. The second-order valence-corrected chi connectivity index (χ2v) is 6.15. The lowest BCUT2D eigenvalue weighted by Crippen LogP contribution is -2.36. The Morgan fingerprint density at radius 1 is 1.27 bits per heavy atom. The molecule has 0 amide bonds. The van der Waals surface area contributed by atoms with E-state index < -0.39 is 12.7 Å². The van der Waals surface area contributed by atoms with Crippen molar-refractivity contribution in [1.82, 2.24) is 10.2 Å². The minimum absolute atomic E-state index is 0.141. The highest BCUT2D eigenvalue weighted by atomic mass is 19.4. The van der Waals surface area contributed by atoms with Crippen LogP contribution in [0.25, 0.3) is 0 Å². The molecule has 2 nitrogen and oxygen atoms in total.